The second-order valence-corrected chi connectivity index (χ2v) is 7.85. The molecule has 1 atom stereocenters. The second-order valence-electron chi connectivity index (χ2n) is 7.41. The number of likely N-dealkylation sites (tertiary alicyclic amines) is 1. The van der Waals surface area contributed by atoms with E-state index in [-0.39, 0.29) is 17.9 Å². The van der Waals surface area contributed by atoms with Crippen molar-refractivity contribution in [2.75, 3.05) is 14.2 Å². The molecule has 4 rings (SSSR count). The summed E-state index contributed by atoms with van der Waals surface area (Å²) < 4.78 is 10.6. The topological polar surface area (TPSA) is 89.0 Å². The molecule has 33 heavy (non-hydrogen) atoms. The van der Waals surface area contributed by atoms with E-state index in [1.165, 1.54) is 19.1 Å². The molecule has 2 heterocycles. The third kappa shape index (κ3) is 4.27. The number of aromatic nitrogens is 1. The van der Waals surface area contributed by atoms with Gasteiger partial charge in [-0.3, -0.25) is 14.6 Å². The van der Waals surface area contributed by atoms with E-state index in [0.717, 1.165) is 5.56 Å². The standard InChI is InChI=1S/C25H21ClN2O5/c1-32-19-10-7-17(12-20(19)33-2)23(29)21-22(16-5-8-18(26)9-6-16)28(25(31)24(21)30)14-15-4-3-11-27-13-15/h3-13,22,29H,14H2,1-2H3/b23-21+/t22-/m0/s1. The third-order valence-corrected chi connectivity index (χ3v) is 5.71. The lowest BCUT2D eigenvalue weighted by molar-refractivity contribution is -0.140. The molecule has 0 radical (unpaired) electrons. The van der Waals surface area contributed by atoms with E-state index in [1.54, 1.807) is 60.9 Å². The molecule has 1 fully saturated rings. The van der Waals surface area contributed by atoms with Gasteiger partial charge in [0.25, 0.3) is 11.7 Å². The predicted octanol–water partition coefficient (Wildman–Crippen LogP) is 4.37. The lowest BCUT2D eigenvalue weighted by Gasteiger charge is -2.25. The number of ketones is 1. The fourth-order valence-corrected chi connectivity index (χ4v) is 3.99. The van der Waals surface area contributed by atoms with Gasteiger partial charge in [0.15, 0.2) is 11.5 Å². The van der Waals surface area contributed by atoms with Gasteiger partial charge in [-0.2, -0.15) is 0 Å². The van der Waals surface area contributed by atoms with Crippen molar-refractivity contribution < 1.29 is 24.2 Å². The molecule has 0 spiro atoms. The second kappa shape index (κ2) is 9.34. The highest BCUT2D eigenvalue weighted by Crippen LogP contribution is 2.41. The molecule has 168 valence electrons. The first-order chi connectivity index (χ1) is 15.9. The first-order valence-electron chi connectivity index (χ1n) is 10.1. The van der Waals surface area contributed by atoms with Crippen molar-refractivity contribution >= 4 is 29.1 Å². The Morgan fingerprint density at radius 2 is 1.79 bits per heavy atom. The lowest BCUT2D eigenvalue weighted by Crippen LogP contribution is -2.29. The lowest BCUT2D eigenvalue weighted by atomic mass is 9.95. The average molecular weight is 465 g/mol. The number of nitrogens with zero attached hydrogens (tertiary/aromatic N) is 2. The minimum Gasteiger partial charge on any atom is -0.507 e. The van der Waals surface area contributed by atoms with Gasteiger partial charge < -0.3 is 19.5 Å². The van der Waals surface area contributed by atoms with Crippen LogP contribution in [0.1, 0.15) is 22.7 Å². The van der Waals surface area contributed by atoms with E-state index in [4.69, 9.17) is 21.1 Å². The van der Waals surface area contributed by atoms with Crippen molar-refractivity contribution in [1.29, 1.82) is 0 Å². The molecule has 1 amide bonds. The maximum Gasteiger partial charge on any atom is 0.295 e. The number of amides is 1. The summed E-state index contributed by atoms with van der Waals surface area (Å²) in [7, 11) is 2.98. The molecule has 1 aliphatic rings. The van der Waals surface area contributed by atoms with Gasteiger partial charge >= 0.3 is 0 Å². The zero-order chi connectivity index (χ0) is 23.5. The van der Waals surface area contributed by atoms with Crippen molar-refractivity contribution in [3.05, 3.63) is 94.3 Å². The van der Waals surface area contributed by atoms with Gasteiger partial charge in [-0.05, 0) is 47.5 Å². The largest absolute Gasteiger partial charge is 0.507 e. The molecule has 1 N–H and O–H groups in total. The molecule has 3 aromatic rings. The number of hydrogen-bond donors (Lipinski definition) is 1. The SMILES string of the molecule is COc1ccc(/C(O)=C2\C(=O)C(=O)N(Cc3cccnc3)[C@H]2c2ccc(Cl)cc2)cc1OC. The van der Waals surface area contributed by atoms with Crippen LogP contribution in [0, 0.1) is 0 Å². The number of methoxy groups -OCH3 is 2. The third-order valence-electron chi connectivity index (χ3n) is 5.46. The number of pyridine rings is 1. The molecular formula is C25H21ClN2O5. The Morgan fingerprint density at radius 3 is 2.42 bits per heavy atom. The Bertz CT molecular complexity index is 1230. The Balaban J connectivity index is 1.86. The summed E-state index contributed by atoms with van der Waals surface area (Å²) in [6, 6.07) is 14.4. The number of hydrogen-bond acceptors (Lipinski definition) is 6. The van der Waals surface area contributed by atoms with Crippen LogP contribution in [-0.2, 0) is 16.1 Å². The molecule has 7 nitrogen and oxygen atoms in total. The van der Waals surface area contributed by atoms with Crippen LogP contribution in [0.25, 0.3) is 5.76 Å². The summed E-state index contributed by atoms with van der Waals surface area (Å²) in [5.74, 6) is -0.926. The first kappa shape index (κ1) is 22.4. The molecule has 0 saturated carbocycles. The first-order valence-corrected chi connectivity index (χ1v) is 10.5. The van der Waals surface area contributed by atoms with E-state index < -0.39 is 17.7 Å². The molecule has 8 heteroatoms. The van der Waals surface area contributed by atoms with Crippen LogP contribution in [0.3, 0.4) is 0 Å². The number of carbonyl (C=O) groups excluding carboxylic acids is 2. The van der Waals surface area contributed by atoms with Crippen molar-refractivity contribution in [2.24, 2.45) is 0 Å². The summed E-state index contributed by atoms with van der Waals surface area (Å²) in [5, 5.41) is 11.7. The van der Waals surface area contributed by atoms with Gasteiger partial charge in [-0.25, -0.2) is 0 Å². The minimum absolute atomic E-state index is 0.0153. The zero-order valence-electron chi connectivity index (χ0n) is 18.0. The highest BCUT2D eigenvalue weighted by atomic mass is 35.5. The van der Waals surface area contributed by atoms with Gasteiger partial charge in [0.1, 0.15) is 5.76 Å². The minimum atomic E-state index is -0.810. The van der Waals surface area contributed by atoms with E-state index in [0.29, 0.717) is 27.6 Å². The number of aliphatic hydroxyl groups excluding tert-OH is 1. The summed E-state index contributed by atoms with van der Waals surface area (Å²) in [4.78, 5) is 31.7. The summed E-state index contributed by atoms with van der Waals surface area (Å²) in [5.41, 5.74) is 1.71. The van der Waals surface area contributed by atoms with Crippen LogP contribution in [0.2, 0.25) is 5.02 Å². The number of halogens is 1. The molecule has 1 saturated heterocycles. The normalized spacial score (nSPS) is 17.3. The van der Waals surface area contributed by atoms with E-state index in [1.807, 2.05) is 6.07 Å². The van der Waals surface area contributed by atoms with Crippen molar-refractivity contribution in [3.8, 4) is 11.5 Å². The predicted molar refractivity (Wildman–Crippen MR) is 123 cm³/mol. The van der Waals surface area contributed by atoms with Crippen LogP contribution in [-0.4, -0.2) is 40.9 Å². The van der Waals surface area contributed by atoms with Gasteiger partial charge in [-0.15, -0.1) is 0 Å². The van der Waals surface area contributed by atoms with Crippen LogP contribution in [0.5, 0.6) is 11.5 Å². The fourth-order valence-electron chi connectivity index (χ4n) is 3.86. The maximum atomic E-state index is 13.1. The molecule has 2 aromatic carbocycles. The Labute approximate surface area is 195 Å². The molecule has 0 unspecified atom stereocenters. The Kier molecular flexibility index (Phi) is 6.33. The number of benzene rings is 2. The molecule has 1 aliphatic heterocycles. The number of Topliss-reactive ketones (excluding diaryl/α,β-unsaturated/α-hetero) is 1. The van der Waals surface area contributed by atoms with Gasteiger partial charge in [0, 0.05) is 29.5 Å². The summed E-state index contributed by atoms with van der Waals surface area (Å²) >= 11 is 6.06. The fraction of sp³-hybridized carbons (Fsp3) is 0.160. The van der Waals surface area contributed by atoms with Gasteiger partial charge in [0.2, 0.25) is 0 Å². The average Bonchev–Trinajstić information content (AvgIpc) is 3.09. The van der Waals surface area contributed by atoms with Crippen LogP contribution >= 0.6 is 11.6 Å². The summed E-state index contributed by atoms with van der Waals surface area (Å²) in [6.45, 7) is 0.147. The summed E-state index contributed by atoms with van der Waals surface area (Å²) in [6.07, 6.45) is 3.26. The van der Waals surface area contributed by atoms with Crippen LogP contribution < -0.4 is 9.47 Å². The van der Waals surface area contributed by atoms with E-state index in [9.17, 15) is 14.7 Å². The number of carbonyl (C=O) groups is 2. The Hall–Kier alpha value is -3.84. The van der Waals surface area contributed by atoms with Crippen LogP contribution in [0.15, 0.2) is 72.6 Å². The van der Waals surface area contributed by atoms with Gasteiger partial charge in [-0.1, -0.05) is 29.8 Å². The van der Waals surface area contributed by atoms with Crippen molar-refractivity contribution in [1.82, 2.24) is 9.88 Å². The molecular weight excluding hydrogens is 444 g/mol. The van der Waals surface area contributed by atoms with E-state index in [2.05, 4.69) is 4.98 Å². The molecule has 0 bridgehead atoms. The van der Waals surface area contributed by atoms with E-state index >= 15 is 0 Å². The van der Waals surface area contributed by atoms with Crippen molar-refractivity contribution in [2.45, 2.75) is 12.6 Å². The van der Waals surface area contributed by atoms with Crippen LogP contribution in [0.4, 0.5) is 0 Å². The monoisotopic (exact) mass is 464 g/mol. The smallest absolute Gasteiger partial charge is 0.295 e. The Morgan fingerprint density at radius 1 is 1.06 bits per heavy atom. The van der Waals surface area contributed by atoms with Gasteiger partial charge in [0.05, 0.1) is 25.8 Å². The maximum absolute atomic E-state index is 13.1. The quantitative estimate of drug-likeness (QED) is 0.331. The number of rotatable bonds is 6. The van der Waals surface area contributed by atoms with Crippen molar-refractivity contribution in [3.63, 3.8) is 0 Å². The molecule has 1 aromatic heterocycles. The number of aliphatic hydroxyl groups is 1. The molecule has 0 aliphatic carbocycles. The zero-order valence-corrected chi connectivity index (χ0v) is 18.7. The number of ether oxygens (including phenoxy) is 2. The highest BCUT2D eigenvalue weighted by molar-refractivity contribution is 6.46. The highest BCUT2D eigenvalue weighted by Gasteiger charge is 2.46.